The zero-order chi connectivity index (χ0) is 23.1. The predicted molar refractivity (Wildman–Crippen MR) is 127 cm³/mol. The molecule has 170 valence electrons. The average Bonchev–Trinajstić information content (AvgIpc) is 3.19. The highest BCUT2D eigenvalue weighted by molar-refractivity contribution is 7.81. The lowest BCUT2D eigenvalue weighted by Gasteiger charge is -2.19. The fourth-order valence-electron chi connectivity index (χ4n) is 3.68. The van der Waals surface area contributed by atoms with Gasteiger partial charge in [0.05, 0.1) is 0 Å². The SMILES string of the molecule is NC(=O)CC[C@H](NC(=O)c1cc(NC[C@@H]2NCC[C@@H]2S)ccc1-c1ccccc1)C(=O)O. The quantitative estimate of drug-likeness (QED) is 0.302. The third-order valence-corrected chi connectivity index (χ3v) is 6.09. The van der Waals surface area contributed by atoms with E-state index in [1.165, 1.54) is 0 Å². The summed E-state index contributed by atoms with van der Waals surface area (Å²) in [5, 5.41) is 19.0. The number of carbonyl (C=O) groups is 3. The van der Waals surface area contributed by atoms with Crippen molar-refractivity contribution in [2.45, 2.75) is 36.6 Å². The molecule has 9 heteroatoms. The van der Waals surface area contributed by atoms with Gasteiger partial charge in [-0.05, 0) is 42.6 Å². The van der Waals surface area contributed by atoms with Gasteiger partial charge in [-0.25, -0.2) is 4.79 Å². The number of hydrogen-bond donors (Lipinski definition) is 6. The number of carboxylic acids is 1. The van der Waals surface area contributed by atoms with Gasteiger partial charge in [0.1, 0.15) is 6.04 Å². The molecule has 3 atom stereocenters. The first-order chi connectivity index (χ1) is 15.3. The first-order valence-electron chi connectivity index (χ1n) is 10.5. The molecular formula is C23H28N4O4S. The molecule has 0 spiro atoms. The first-order valence-corrected chi connectivity index (χ1v) is 11.0. The Bertz CT molecular complexity index is 970. The Balaban J connectivity index is 1.84. The topological polar surface area (TPSA) is 134 Å². The number of amides is 2. The molecule has 3 rings (SSSR count). The minimum absolute atomic E-state index is 0.0777. The summed E-state index contributed by atoms with van der Waals surface area (Å²) in [6, 6.07) is 13.8. The number of benzene rings is 2. The van der Waals surface area contributed by atoms with Crippen LogP contribution < -0.4 is 21.7 Å². The Hall–Kier alpha value is -3.04. The number of anilines is 1. The van der Waals surface area contributed by atoms with E-state index in [1.54, 1.807) is 6.07 Å². The maximum Gasteiger partial charge on any atom is 0.326 e. The number of thiol groups is 1. The second-order valence-electron chi connectivity index (χ2n) is 7.79. The molecule has 0 aliphatic carbocycles. The van der Waals surface area contributed by atoms with Crippen molar-refractivity contribution in [2.24, 2.45) is 5.73 Å². The van der Waals surface area contributed by atoms with Crippen molar-refractivity contribution in [3.63, 3.8) is 0 Å². The number of nitrogens with one attached hydrogen (secondary N) is 3. The lowest BCUT2D eigenvalue weighted by Crippen LogP contribution is -2.41. The summed E-state index contributed by atoms with van der Waals surface area (Å²) in [7, 11) is 0. The van der Waals surface area contributed by atoms with Crippen LogP contribution in [-0.2, 0) is 9.59 Å². The number of rotatable bonds is 10. The van der Waals surface area contributed by atoms with E-state index in [0.29, 0.717) is 17.7 Å². The second-order valence-corrected chi connectivity index (χ2v) is 8.46. The van der Waals surface area contributed by atoms with E-state index in [1.807, 2.05) is 42.5 Å². The van der Waals surface area contributed by atoms with E-state index in [-0.39, 0.29) is 24.1 Å². The molecule has 1 aliphatic rings. The number of carboxylic acid groups (broad SMARTS) is 1. The van der Waals surface area contributed by atoms with Crippen LogP contribution in [0.3, 0.4) is 0 Å². The van der Waals surface area contributed by atoms with Crippen LogP contribution >= 0.6 is 12.6 Å². The summed E-state index contributed by atoms with van der Waals surface area (Å²) < 4.78 is 0. The van der Waals surface area contributed by atoms with Gasteiger partial charge in [0, 0.05) is 35.5 Å². The van der Waals surface area contributed by atoms with Crippen molar-refractivity contribution in [1.29, 1.82) is 0 Å². The minimum atomic E-state index is -1.22. The Morgan fingerprint density at radius 3 is 2.56 bits per heavy atom. The highest BCUT2D eigenvalue weighted by Gasteiger charge is 2.25. The van der Waals surface area contributed by atoms with Gasteiger partial charge in [-0.3, -0.25) is 9.59 Å². The van der Waals surface area contributed by atoms with Crippen molar-refractivity contribution in [3.05, 3.63) is 54.1 Å². The van der Waals surface area contributed by atoms with Crippen LogP contribution in [0.4, 0.5) is 5.69 Å². The van der Waals surface area contributed by atoms with Gasteiger partial charge < -0.3 is 26.8 Å². The maximum absolute atomic E-state index is 13.1. The molecule has 6 N–H and O–H groups in total. The first kappa shape index (κ1) is 23.6. The zero-order valence-corrected chi connectivity index (χ0v) is 18.5. The second kappa shape index (κ2) is 11.0. The maximum atomic E-state index is 13.1. The van der Waals surface area contributed by atoms with Crippen LogP contribution in [0.2, 0.25) is 0 Å². The number of carbonyl (C=O) groups excluding carboxylic acids is 2. The number of aliphatic carboxylic acids is 1. The smallest absolute Gasteiger partial charge is 0.326 e. The van der Waals surface area contributed by atoms with E-state index in [2.05, 4.69) is 28.6 Å². The van der Waals surface area contributed by atoms with E-state index >= 15 is 0 Å². The summed E-state index contributed by atoms with van der Waals surface area (Å²) in [5.74, 6) is -2.37. The molecule has 2 aromatic carbocycles. The van der Waals surface area contributed by atoms with Gasteiger partial charge in [0.25, 0.3) is 5.91 Å². The Morgan fingerprint density at radius 1 is 1.19 bits per heavy atom. The molecule has 0 bridgehead atoms. The molecule has 0 saturated carbocycles. The number of nitrogens with two attached hydrogens (primary N) is 1. The van der Waals surface area contributed by atoms with E-state index in [4.69, 9.17) is 5.73 Å². The molecule has 0 radical (unpaired) electrons. The third-order valence-electron chi connectivity index (χ3n) is 5.47. The Kier molecular flexibility index (Phi) is 8.13. The van der Waals surface area contributed by atoms with Gasteiger partial charge in [-0.1, -0.05) is 36.4 Å². The van der Waals surface area contributed by atoms with Gasteiger partial charge in [-0.15, -0.1) is 0 Å². The lowest BCUT2D eigenvalue weighted by atomic mass is 9.98. The van der Waals surface area contributed by atoms with Crippen molar-refractivity contribution < 1.29 is 19.5 Å². The largest absolute Gasteiger partial charge is 0.480 e. The summed E-state index contributed by atoms with van der Waals surface area (Å²) in [4.78, 5) is 35.8. The molecule has 1 fully saturated rings. The molecule has 2 amide bonds. The predicted octanol–water partition coefficient (Wildman–Crippen LogP) is 1.87. The van der Waals surface area contributed by atoms with Gasteiger partial charge in [0.15, 0.2) is 0 Å². The third kappa shape index (κ3) is 6.24. The van der Waals surface area contributed by atoms with Crippen LogP contribution in [0.15, 0.2) is 48.5 Å². The molecule has 32 heavy (non-hydrogen) atoms. The summed E-state index contributed by atoms with van der Waals surface area (Å²) in [5.41, 5.74) is 7.73. The van der Waals surface area contributed by atoms with Crippen LogP contribution in [0.1, 0.15) is 29.6 Å². The minimum Gasteiger partial charge on any atom is -0.480 e. The summed E-state index contributed by atoms with van der Waals surface area (Å²) >= 11 is 4.59. The lowest BCUT2D eigenvalue weighted by molar-refractivity contribution is -0.139. The monoisotopic (exact) mass is 456 g/mol. The number of hydrogen-bond acceptors (Lipinski definition) is 6. The standard InChI is InChI=1S/C23H28N4O4S/c24-21(28)9-8-18(23(30)31)27-22(29)17-12-15(26-13-19-20(32)10-11-25-19)6-7-16(17)14-4-2-1-3-5-14/h1-7,12,18-20,25-26,32H,8-11,13H2,(H2,24,28)(H,27,29)(H,30,31)/t18-,19-,20-/m0/s1. The summed E-state index contributed by atoms with van der Waals surface area (Å²) in [6.07, 6.45) is 0.785. The molecular weight excluding hydrogens is 428 g/mol. The van der Waals surface area contributed by atoms with E-state index in [9.17, 15) is 19.5 Å². The highest BCUT2D eigenvalue weighted by atomic mass is 32.1. The van der Waals surface area contributed by atoms with Crippen molar-refractivity contribution in [1.82, 2.24) is 10.6 Å². The highest BCUT2D eigenvalue weighted by Crippen LogP contribution is 2.27. The molecule has 8 nitrogen and oxygen atoms in total. The van der Waals surface area contributed by atoms with Crippen LogP contribution in [0.5, 0.6) is 0 Å². The fraction of sp³-hybridized carbons (Fsp3) is 0.348. The fourth-order valence-corrected chi connectivity index (χ4v) is 4.02. The molecule has 1 saturated heterocycles. The van der Waals surface area contributed by atoms with Crippen molar-refractivity contribution in [2.75, 3.05) is 18.4 Å². The van der Waals surface area contributed by atoms with Gasteiger partial charge in [-0.2, -0.15) is 12.6 Å². The van der Waals surface area contributed by atoms with Gasteiger partial charge >= 0.3 is 5.97 Å². The van der Waals surface area contributed by atoms with Crippen LogP contribution in [0.25, 0.3) is 11.1 Å². The van der Waals surface area contributed by atoms with E-state index < -0.39 is 23.8 Å². The van der Waals surface area contributed by atoms with E-state index in [0.717, 1.165) is 24.2 Å². The van der Waals surface area contributed by atoms with Crippen molar-refractivity contribution >= 4 is 36.1 Å². The van der Waals surface area contributed by atoms with Gasteiger partial charge in [0.2, 0.25) is 5.91 Å². The molecule has 1 heterocycles. The van der Waals surface area contributed by atoms with Crippen molar-refractivity contribution in [3.8, 4) is 11.1 Å². The molecule has 0 aromatic heterocycles. The molecule has 1 aliphatic heterocycles. The zero-order valence-electron chi connectivity index (χ0n) is 17.6. The Labute approximate surface area is 192 Å². The average molecular weight is 457 g/mol. The normalized spacial score (nSPS) is 18.7. The molecule has 2 aromatic rings. The van der Waals surface area contributed by atoms with Crippen LogP contribution in [-0.4, -0.2) is 53.3 Å². The summed E-state index contributed by atoms with van der Waals surface area (Å²) in [6.45, 7) is 1.57. The van der Waals surface area contributed by atoms with Crippen LogP contribution in [0, 0.1) is 0 Å². The Morgan fingerprint density at radius 2 is 1.94 bits per heavy atom. The number of primary amides is 1. The molecule has 0 unspecified atom stereocenters.